The van der Waals surface area contributed by atoms with Gasteiger partial charge in [-0.25, -0.2) is 4.79 Å². The maximum absolute atomic E-state index is 12.0. The van der Waals surface area contributed by atoms with Crippen molar-refractivity contribution in [2.45, 2.75) is 6.61 Å². The molecule has 4 heterocycles. The van der Waals surface area contributed by atoms with Crippen LogP contribution >= 0.6 is 0 Å². The molecule has 0 N–H and O–H groups in total. The Hall–Kier alpha value is -3.55. The summed E-state index contributed by atoms with van der Waals surface area (Å²) in [6.45, 7) is -0.0635. The lowest BCUT2D eigenvalue weighted by Gasteiger charge is -1.97. The molecule has 0 saturated heterocycles. The Morgan fingerprint density at radius 3 is 2.25 bits per heavy atom. The summed E-state index contributed by atoms with van der Waals surface area (Å²) in [7, 11) is 0. The fourth-order valence-corrected chi connectivity index (χ4v) is 2.03. The van der Waals surface area contributed by atoms with E-state index in [-0.39, 0.29) is 12.3 Å². The maximum atomic E-state index is 12.0. The molecule has 8 heteroatoms. The Morgan fingerprint density at radius 2 is 1.58 bits per heavy atom. The van der Waals surface area contributed by atoms with Gasteiger partial charge in [-0.05, 0) is 24.3 Å². The third kappa shape index (κ3) is 2.72. The van der Waals surface area contributed by atoms with Crippen LogP contribution in [0.15, 0.2) is 66.8 Å². The number of aromatic nitrogens is 2. The van der Waals surface area contributed by atoms with Gasteiger partial charge in [-0.1, -0.05) is 10.3 Å². The van der Waals surface area contributed by atoms with E-state index >= 15 is 0 Å². The van der Waals surface area contributed by atoms with Gasteiger partial charge in [0.1, 0.15) is 12.3 Å². The lowest BCUT2D eigenvalue weighted by Crippen LogP contribution is -2.05. The summed E-state index contributed by atoms with van der Waals surface area (Å²) in [5.41, 5.74) is 0.487. The van der Waals surface area contributed by atoms with E-state index in [0.29, 0.717) is 28.7 Å². The van der Waals surface area contributed by atoms with Gasteiger partial charge in [0.05, 0.1) is 12.5 Å². The first-order chi connectivity index (χ1) is 11.8. The normalized spacial score (nSPS) is 10.8. The van der Waals surface area contributed by atoms with Crippen molar-refractivity contribution in [3.8, 4) is 23.0 Å². The average Bonchev–Trinajstić information content (AvgIpc) is 3.40. The second-order valence-corrected chi connectivity index (χ2v) is 4.79. The lowest BCUT2D eigenvalue weighted by molar-refractivity contribution is 0.0452. The molecule has 4 aromatic rings. The van der Waals surface area contributed by atoms with E-state index < -0.39 is 5.97 Å². The third-order valence-electron chi connectivity index (χ3n) is 3.16. The summed E-state index contributed by atoms with van der Waals surface area (Å²) in [5.74, 6) is 1.17. The summed E-state index contributed by atoms with van der Waals surface area (Å²) in [6.07, 6.45) is 3.02. The molecule has 4 rings (SSSR count). The smallest absolute Gasteiger partial charge is 0.360 e. The Balaban J connectivity index is 1.40. The molecule has 0 fully saturated rings. The number of carbonyl (C=O) groups excluding carboxylic acids is 1. The highest BCUT2D eigenvalue weighted by Crippen LogP contribution is 2.22. The van der Waals surface area contributed by atoms with Crippen LogP contribution in [-0.4, -0.2) is 16.3 Å². The molecule has 0 spiro atoms. The van der Waals surface area contributed by atoms with Gasteiger partial charge in [0.15, 0.2) is 17.2 Å². The first-order valence-electron chi connectivity index (χ1n) is 6.97. The van der Waals surface area contributed by atoms with Crippen LogP contribution in [0.1, 0.15) is 16.2 Å². The lowest BCUT2D eigenvalue weighted by atomic mass is 10.3. The molecule has 120 valence electrons. The number of nitrogens with zero attached hydrogens (tertiary/aromatic N) is 2. The summed E-state index contributed by atoms with van der Waals surface area (Å²) < 4.78 is 25.6. The minimum absolute atomic E-state index is 0.0381. The molecule has 0 saturated carbocycles. The molecule has 0 radical (unpaired) electrons. The van der Waals surface area contributed by atoms with E-state index in [1.54, 1.807) is 30.3 Å². The van der Waals surface area contributed by atoms with Gasteiger partial charge in [-0.2, -0.15) is 0 Å². The Morgan fingerprint density at radius 1 is 0.917 bits per heavy atom. The largest absolute Gasteiger partial charge is 0.461 e. The molecule has 8 nitrogen and oxygen atoms in total. The Kier molecular flexibility index (Phi) is 3.47. The first-order valence-corrected chi connectivity index (χ1v) is 6.97. The minimum Gasteiger partial charge on any atom is -0.461 e. The fourth-order valence-electron chi connectivity index (χ4n) is 2.03. The zero-order valence-corrected chi connectivity index (χ0v) is 12.2. The van der Waals surface area contributed by atoms with Gasteiger partial charge in [-0.15, -0.1) is 0 Å². The van der Waals surface area contributed by atoms with Gasteiger partial charge in [-0.3, -0.25) is 0 Å². The number of hydrogen-bond acceptors (Lipinski definition) is 8. The van der Waals surface area contributed by atoms with E-state index in [4.69, 9.17) is 22.6 Å². The molecule has 24 heavy (non-hydrogen) atoms. The maximum Gasteiger partial charge on any atom is 0.360 e. The summed E-state index contributed by atoms with van der Waals surface area (Å²) >= 11 is 0. The van der Waals surface area contributed by atoms with Crippen LogP contribution in [0, 0.1) is 0 Å². The van der Waals surface area contributed by atoms with E-state index in [9.17, 15) is 4.79 Å². The monoisotopic (exact) mass is 326 g/mol. The summed E-state index contributed by atoms with van der Waals surface area (Å²) in [4.78, 5) is 12.0. The predicted molar refractivity (Wildman–Crippen MR) is 77.5 cm³/mol. The van der Waals surface area contributed by atoms with Crippen molar-refractivity contribution in [1.29, 1.82) is 0 Å². The van der Waals surface area contributed by atoms with Gasteiger partial charge in [0.2, 0.25) is 11.5 Å². The zero-order chi connectivity index (χ0) is 16.4. The second kappa shape index (κ2) is 5.92. The average molecular weight is 326 g/mol. The first kappa shape index (κ1) is 14.1. The predicted octanol–water partition coefficient (Wildman–Crippen LogP) is 3.54. The number of furan rings is 2. The number of carbonyl (C=O) groups is 1. The molecular formula is C16H10N2O6. The van der Waals surface area contributed by atoms with Crippen molar-refractivity contribution in [3.05, 3.63) is 60.3 Å². The standard InChI is InChI=1S/C16H10N2O6/c19-16(11-8-15(24-18-11)13-4-2-6-21-13)22-9-10-7-14(23-17-10)12-3-1-5-20-12/h1-8H,9H2. The highest BCUT2D eigenvalue weighted by atomic mass is 16.5. The molecule has 0 atom stereocenters. The van der Waals surface area contributed by atoms with Crippen molar-refractivity contribution in [3.63, 3.8) is 0 Å². The van der Waals surface area contributed by atoms with E-state index in [0.717, 1.165) is 0 Å². The van der Waals surface area contributed by atoms with Crippen molar-refractivity contribution < 1.29 is 27.4 Å². The molecule has 0 aliphatic rings. The quantitative estimate of drug-likeness (QED) is 0.513. The van der Waals surface area contributed by atoms with Gasteiger partial charge in [0, 0.05) is 12.1 Å². The number of esters is 1. The molecule has 0 aliphatic carbocycles. The van der Waals surface area contributed by atoms with Crippen molar-refractivity contribution in [2.75, 3.05) is 0 Å². The van der Waals surface area contributed by atoms with Crippen LogP contribution in [0.25, 0.3) is 23.0 Å². The van der Waals surface area contributed by atoms with Crippen LogP contribution in [0.4, 0.5) is 0 Å². The van der Waals surface area contributed by atoms with Crippen molar-refractivity contribution in [2.24, 2.45) is 0 Å². The molecule has 0 aliphatic heterocycles. The number of ether oxygens (including phenoxy) is 1. The van der Waals surface area contributed by atoms with Crippen molar-refractivity contribution >= 4 is 5.97 Å². The van der Waals surface area contributed by atoms with Crippen LogP contribution in [0.5, 0.6) is 0 Å². The number of rotatable bonds is 5. The fraction of sp³-hybridized carbons (Fsp3) is 0.0625. The van der Waals surface area contributed by atoms with Crippen LogP contribution in [-0.2, 0) is 11.3 Å². The number of hydrogen-bond donors (Lipinski definition) is 0. The van der Waals surface area contributed by atoms with Crippen LogP contribution in [0.3, 0.4) is 0 Å². The molecule has 0 aromatic carbocycles. The molecule has 0 amide bonds. The van der Waals surface area contributed by atoms with Crippen LogP contribution in [0.2, 0.25) is 0 Å². The molecular weight excluding hydrogens is 316 g/mol. The van der Waals surface area contributed by atoms with Gasteiger partial charge >= 0.3 is 5.97 Å². The summed E-state index contributed by atoms with van der Waals surface area (Å²) in [6, 6.07) is 9.94. The summed E-state index contributed by atoms with van der Waals surface area (Å²) in [5, 5.41) is 7.47. The van der Waals surface area contributed by atoms with Crippen LogP contribution < -0.4 is 0 Å². The van der Waals surface area contributed by atoms with E-state index in [1.165, 1.54) is 18.6 Å². The molecule has 0 bridgehead atoms. The minimum atomic E-state index is -0.640. The molecule has 4 aromatic heterocycles. The Labute approximate surface area is 134 Å². The highest BCUT2D eigenvalue weighted by molar-refractivity contribution is 5.88. The van der Waals surface area contributed by atoms with Crippen molar-refractivity contribution in [1.82, 2.24) is 10.3 Å². The Bertz CT molecular complexity index is 933. The van der Waals surface area contributed by atoms with E-state index in [1.807, 2.05) is 0 Å². The second-order valence-electron chi connectivity index (χ2n) is 4.79. The van der Waals surface area contributed by atoms with E-state index in [2.05, 4.69) is 10.3 Å². The molecule has 0 unspecified atom stereocenters. The zero-order valence-electron chi connectivity index (χ0n) is 12.2. The highest BCUT2D eigenvalue weighted by Gasteiger charge is 2.17. The topological polar surface area (TPSA) is 105 Å². The third-order valence-corrected chi connectivity index (χ3v) is 3.16. The van der Waals surface area contributed by atoms with Gasteiger partial charge < -0.3 is 22.6 Å². The van der Waals surface area contributed by atoms with Gasteiger partial charge in [0.25, 0.3) is 0 Å². The SMILES string of the molecule is O=C(OCc1cc(-c2ccco2)on1)c1cc(-c2ccco2)on1.